The summed E-state index contributed by atoms with van der Waals surface area (Å²) in [6.45, 7) is 6.20. The Morgan fingerprint density at radius 1 is 1.56 bits per heavy atom. The van der Waals surface area contributed by atoms with E-state index in [-0.39, 0.29) is 0 Å². The monoisotopic (exact) mass is 126 g/mol. The molecule has 9 heavy (non-hydrogen) atoms. The van der Waals surface area contributed by atoms with E-state index in [1.54, 1.807) is 0 Å². The molecule has 1 rings (SSSR count). The summed E-state index contributed by atoms with van der Waals surface area (Å²) in [6, 6.07) is 0. The number of ether oxygens (including phenoxy) is 1. The molecule has 0 aromatic heterocycles. The van der Waals surface area contributed by atoms with E-state index in [4.69, 9.17) is 4.74 Å². The topological polar surface area (TPSA) is 9.23 Å². The van der Waals surface area contributed by atoms with Gasteiger partial charge in [0, 0.05) is 0 Å². The van der Waals surface area contributed by atoms with Gasteiger partial charge in [0.05, 0.1) is 13.2 Å². The first-order valence-electron chi connectivity index (χ1n) is 3.56. The predicted molar refractivity (Wildman–Crippen MR) is 38.4 cm³/mol. The molecule has 0 N–H and O–H groups in total. The summed E-state index contributed by atoms with van der Waals surface area (Å²) in [4.78, 5) is 0. The Hall–Kier alpha value is -0.300. The highest BCUT2D eigenvalue weighted by Crippen LogP contribution is 2.12. The molecular formula is C8H14O. The summed E-state index contributed by atoms with van der Waals surface area (Å²) in [5, 5.41) is 0. The van der Waals surface area contributed by atoms with Crippen LogP contribution < -0.4 is 0 Å². The molecule has 0 atom stereocenters. The van der Waals surface area contributed by atoms with Crippen LogP contribution in [0.25, 0.3) is 0 Å². The molecule has 0 bridgehead atoms. The SMILES string of the molecule is CC(C)/C=C1/CCOC1. The van der Waals surface area contributed by atoms with Crippen molar-refractivity contribution in [3.63, 3.8) is 0 Å². The van der Waals surface area contributed by atoms with Crippen molar-refractivity contribution < 1.29 is 4.74 Å². The third-order valence-electron chi connectivity index (χ3n) is 1.42. The van der Waals surface area contributed by atoms with Crippen molar-refractivity contribution in [2.24, 2.45) is 5.92 Å². The molecule has 0 aliphatic carbocycles. The van der Waals surface area contributed by atoms with Crippen molar-refractivity contribution >= 4 is 0 Å². The minimum absolute atomic E-state index is 0.682. The average Bonchev–Trinajstić information content (AvgIpc) is 2.15. The van der Waals surface area contributed by atoms with Crippen LogP contribution in [0.3, 0.4) is 0 Å². The standard InChI is InChI=1S/C8H14O/c1-7(2)5-8-3-4-9-6-8/h5,7H,3-4,6H2,1-2H3/b8-5-. The maximum absolute atomic E-state index is 5.19. The van der Waals surface area contributed by atoms with Crippen LogP contribution in [0.5, 0.6) is 0 Å². The first-order chi connectivity index (χ1) is 4.29. The molecule has 1 aliphatic rings. The van der Waals surface area contributed by atoms with Gasteiger partial charge in [0.2, 0.25) is 0 Å². The first-order valence-corrected chi connectivity index (χ1v) is 3.56. The zero-order valence-corrected chi connectivity index (χ0v) is 6.18. The lowest BCUT2D eigenvalue weighted by Crippen LogP contribution is -1.85. The Labute approximate surface area is 56.7 Å². The molecule has 0 aromatic rings. The summed E-state index contributed by atoms with van der Waals surface area (Å²) in [6.07, 6.45) is 3.45. The van der Waals surface area contributed by atoms with Crippen LogP contribution in [-0.2, 0) is 4.74 Å². The van der Waals surface area contributed by atoms with Gasteiger partial charge in [-0.3, -0.25) is 0 Å². The van der Waals surface area contributed by atoms with E-state index < -0.39 is 0 Å². The highest BCUT2D eigenvalue weighted by Gasteiger charge is 2.05. The molecule has 0 aromatic carbocycles. The fourth-order valence-corrected chi connectivity index (χ4v) is 1.08. The molecule has 1 aliphatic heterocycles. The first kappa shape index (κ1) is 6.81. The van der Waals surface area contributed by atoms with Gasteiger partial charge in [-0.15, -0.1) is 0 Å². The highest BCUT2D eigenvalue weighted by molar-refractivity contribution is 5.06. The van der Waals surface area contributed by atoms with E-state index in [1.165, 1.54) is 5.57 Å². The molecule has 1 heteroatoms. The molecule has 0 spiro atoms. The van der Waals surface area contributed by atoms with Gasteiger partial charge in [0.15, 0.2) is 0 Å². The fraction of sp³-hybridized carbons (Fsp3) is 0.750. The maximum Gasteiger partial charge on any atom is 0.0677 e. The van der Waals surface area contributed by atoms with Gasteiger partial charge in [-0.25, -0.2) is 0 Å². The summed E-state index contributed by atoms with van der Waals surface area (Å²) < 4.78 is 5.19. The highest BCUT2D eigenvalue weighted by atomic mass is 16.5. The largest absolute Gasteiger partial charge is 0.377 e. The molecule has 1 saturated heterocycles. The second-order valence-corrected chi connectivity index (χ2v) is 2.87. The minimum Gasteiger partial charge on any atom is -0.377 e. The van der Waals surface area contributed by atoms with E-state index in [9.17, 15) is 0 Å². The predicted octanol–water partition coefficient (Wildman–Crippen LogP) is 1.99. The average molecular weight is 126 g/mol. The third-order valence-corrected chi connectivity index (χ3v) is 1.42. The van der Waals surface area contributed by atoms with Crippen LogP contribution in [0.15, 0.2) is 11.6 Å². The van der Waals surface area contributed by atoms with Crippen molar-refractivity contribution in [3.8, 4) is 0 Å². The second-order valence-electron chi connectivity index (χ2n) is 2.87. The number of allylic oxidation sites excluding steroid dienone is 1. The normalized spacial score (nSPS) is 24.1. The Morgan fingerprint density at radius 2 is 2.33 bits per heavy atom. The van der Waals surface area contributed by atoms with E-state index >= 15 is 0 Å². The van der Waals surface area contributed by atoms with E-state index in [0.717, 1.165) is 19.6 Å². The van der Waals surface area contributed by atoms with Crippen molar-refractivity contribution in [1.82, 2.24) is 0 Å². The summed E-state index contributed by atoms with van der Waals surface area (Å²) >= 11 is 0. The van der Waals surface area contributed by atoms with Crippen LogP contribution in [-0.4, -0.2) is 13.2 Å². The van der Waals surface area contributed by atoms with E-state index in [1.807, 2.05) is 0 Å². The number of rotatable bonds is 1. The summed E-state index contributed by atoms with van der Waals surface area (Å²) in [7, 11) is 0. The van der Waals surface area contributed by atoms with Gasteiger partial charge in [0.25, 0.3) is 0 Å². The van der Waals surface area contributed by atoms with Crippen molar-refractivity contribution in [2.45, 2.75) is 20.3 Å². The van der Waals surface area contributed by atoms with Crippen LogP contribution >= 0.6 is 0 Å². The lowest BCUT2D eigenvalue weighted by atomic mass is 10.1. The molecule has 0 unspecified atom stereocenters. The van der Waals surface area contributed by atoms with Crippen LogP contribution in [0.4, 0.5) is 0 Å². The van der Waals surface area contributed by atoms with Crippen LogP contribution in [0.2, 0.25) is 0 Å². The molecule has 1 heterocycles. The van der Waals surface area contributed by atoms with Gasteiger partial charge in [0.1, 0.15) is 0 Å². The Morgan fingerprint density at radius 3 is 2.78 bits per heavy atom. The molecule has 0 saturated carbocycles. The minimum atomic E-state index is 0.682. The second kappa shape index (κ2) is 3.02. The van der Waals surface area contributed by atoms with E-state index in [0.29, 0.717) is 5.92 Å². The zero-order chi connectivity index (χ0) is 6.69. The van der Waals surface area contributed by atoms with Gasteiger partial charge in [-0.1, -0.05) is 19.9 Å². The van der Waals surface area contributed by atoms with Crippen molar-refractivity contribution in [2.75, 3.05) is 13.2 Å². The maximum atomic E-state index is 5.19. The Kier molecular flexibility index (Phi) is 2.29. The quantitative estimate of drug-likeness (QED) is 0.488. The molecule has 1 nitrogen and oxygen atoms in total. The van der Waals surface area contributed by atoms with Gasteiger partial charge >= 0.3 is 0 Å². The molecule has 1 fully saturated rings. The number of hydrogen-bond acceptors (Lipinski definition) is 1. The van der Waals surface area contributed by atoms with Crippen LogP contribution in [0, 0.1) is 5.92 Å². The van der Waals surface area contributed by atoms with Crippen LogP contribution in [0.1, 0.15) is 20.3 Å². The third kappa shape index (κ3) is 2.19. The summed E-state index contributed by atoms with van der Waals surface area (Å²) in [5.74, 6) is 0.682. The Balaban J connectivity index is 2.39. The molecule has 0 amide bonds. The molecular weight excluding hydrogens is 112 g/mol. The van der Waals surface area contributed by atoms with Gasteiger partial charge in [-0.05, 0) is 17.9 Å². The Bertz CT molecular complexity index is 106. The van der Waals surface area contributed by atoms with E-state index in [2.05, 4.69) is 19.9 Å². The van der Waals surface area contributed by atoms with Crippen molar-refractivity contribution in [3.05, 3.63) is 11.6 Å². The summed E-state index contributed by atoms with van der Waals surface area (Å²) in [5.41, 5.74) is 1.48. The smallest absolute Gasteiger partial charge is 0.0677 e. The van der Waals surface area contributed by atoms with Crippen molar-refractivity contribution in [1.29, 1.82) is 0 Å². The van der Waals surface area contributed by atoms with Gasteiger partial charge < -0.3 is 4.74 Å². The molecule has 52 valence electrons. The number of hydrogen-bond donors (Lipinski definition) is 0. The fourth-order valence-electron chi connectivity index (χ4n) is 1.08. The lowest BCUT2D eigenvalue weighted by molar-refractivity contribution is 0.204. The lowest BCUT2D eigenvalue weighted by Gasteiger charge is -1.96. The molecule has 0 radical (unpaired) electrons. The zero-order valence-electron chi connectivity index (χ0n) is 6.18. The van der Waals surface area contributed by atoms with Gasteiger partial charge in [-0.2, -0.15) is 0 Å².